The Morgan fingerprint density at radius 1 is 0.667 bits per heavy atom. The predicted octanol–water partition coefficient (Wildman–Crippen LogP) is 3.17. The van der Waals surface area contributed by atoms with E-state index < -0.39 is 14.7 Å². The third-order valence-corrected chi connectivity index (χ3v) is 8.16. The molecule has 2 unspecified atom stereocenters. The molecule has 0 N–H and O–H groups in total. The van der Waals surface area contributed by atoms with Crippen LogP contribution in [-0.2, 0) is 28.6 Å². The summed E-state index contributed by atoms with van der Waals surface area (Å²) in [5.74, 6) is 0. The smallest absolute Gasteiger partial charge is 0.799 e. The van der Waals surface area contributed by atoms with E-state index in [2.05, 4.69) is 0 Å². The molecule has 120 valence electrons. The van der Waals surface area contributed by atoms with E-state index in [9.17, 15) is 18.9 Å². The summed E-state index contributed by atoms with van der Waals surface area (Å²) in [4.78, 5) is 22.0. The van der Waals surface area contributed by atoms with Crippen molar-refractivity contribution in [3.05, 3.63) is 0 Å². The Hall–Kier alpha value is 1.00. The number of hydrogen-bond acceptors (Lipinski definition) is 4. The molecule has 2 fully saturated rings. The van der Waals surface area contributed by atoms with Gasteiger partial charge in [0.15, 0.2) is 0 Å². The van der Waals surface area contributed by atoms with Crippen LogP contribution in [0.25, 0.3) is 0 Å². The molecule has 21 heavy (non-hydrogen) atoms. The van der Waals surface area contributed by atoms with E-state index >= 15 is 0 Å². The molecule has 0 heterocycles. The second kappa shape index (κ2) is 9.99. The van der Waals surface area contributed by atoms with Gasteiger partial charge >= 0.3 is 19.5 Å². The Morgan fingerprint density at radius 2 is 0.905 bits per heavy atom. The molecule has 0 saturated heterocycles. The van der Waals surface area contributed by atoms with Crippen molar-refractivity contribution in [1.29, 1.82) is 0 Å². The molecule has 0 amide bonds. The van der Waals surface area contributed by atoms with Crippen molar-refractivity contribution in [3.8, 4) is 0 Å². The summed E-state index contributed by atoms with van der Waals surface area (Å²) in [5, 5.41) is 0. The molecule has 0 aromatic rings. The van der Waals surface area contributed by atoms with Crippen LogP contribution in [-0.4, -0.2) is 24.6 Å². The van der Waals surface area contributed by atoms with Gasteiger partial charge in [-0.15, -0.1) is 0 Å². The van der Waals surface area contributed by atoms with Crippen LogP contribution in [0.5, 0.6) is 0 Å². The van der Waals surface area contributed by atoms with Crippen LogP contribution >= 0.6 is 14.7 Å². The van der Waals surface area contributed by atoms with E-state index in [0.29, 0.717) is 0 Å². The summed E-state index contributed by atoms with van der Waals surface area (Å²) < 4.78 is 22.0. The fourth-order valence-corrected chi connectivity index (χ4v) is 5.71. The minimum absolute atomic E-state index is 0. The molecule has 0 spiro atoms. The Kier molecular flexibility index (Phi) is 10.5. The summed E-state index contributed by atoms with van der Waals surface area (Å²) in [6.45, 7) is 2.76. The molecule has 0 aliphatic heterocycles. The van der Waals surface area contributed by atoms with Crippen LogP contribution in [0.3, 0.4) is 0 Å². The van der Waals surface area contributed by atoms with Crippen molar-refractivity contribution in [2.45, 2.75) is 75.5 Å². The molecule has 2 rings (SSSR count). The zero-order valence-electron chi connectivity index (χ0n) is 13.5. The minimum atomic E-state index is -2.99. The van der Waals surface area contributed by atoms with Crippen LogP contribution in [0.4, 0.5) is 0 Å². The Bertz CT molecular complexity index is 329. The van der Waals surface area contributed by atoms with Gasteiger partial charge in [0.25, 0.3) is 0 Å². The Labute approximate surface area is 142 Å². The van der Waals surface area contributed by atoms with E-state index in [0.717, 1.165) is 51.4 Å². The van der Waals surface area contributed by atoms with Gasteiger partial charge in [0.05, 0.1) is 0 Å². The third kappa shape index (κ3) is 9.02. The average Bonchev–Trinajstić information content (AvgIpc) is 2.40. The first-order valence-corrected chi connectivity index (χ1v) is 12.1. The van der Waals surface area contributed by atoms with Crippen LogP contribution in [0.2, 0.25) is 0 Å². The summed E-state index contributed by atoms with van der Waals surface area (Å²) in [6.07, 6.45) is 10.4. The molecule has 0 radical (unpaired) electrons. The van der Waals surface area contributed by atoms with Gasteiger partial charge in [-0.3, -0.25) is 0 Å². The molecule has 2 saturated carbocycles. The third-order valence-electron chi connectivity index (χ3n) is 4.48. The van der Waals surface area contributed by atoms with Crippen LogP contribution in [0.1, 0.15) is 64.2 Å². The van der Waals surface area contributed by atoms with Crippen molar-refractivity contribution in [2.24, 2.45) is 0 Å². The van der Waals surface area contributed by atoms with Gasteiger partial charge in [-0.2, -0.15) is 0 Å². The van der Waals surface area contributed by atoms with Crippen molar-refractivity contribution < 1.29 is 38.4 Å². The minimum Gasteiger partial charge on any atom is -0.799 e. The summed E-state index contributed by atoms with van der Waals surface area (Å²) in [5.41, 5.74) is 0.00231. The second-order valence-corrected chi connectivity index (χ2v) is 11.5. The van der Waals surface area contributed by atoms with Gasteiger partial charge < -0.3 is 18.9 Å². The van der Waals surface area contributed by atoms with E-state index in [-0.39, 0.29) is 30.8 Å². The summed E-state index contributed by atoms with van der Waals surface area (Å²) >= 11 is 0. The maximum atomic E-state index is 11.0. The van der Waals surface area contributed by atoms with Gasteiger partial charge in [-0.25, -0.2) is 0 Å². The molecule has 2 aliphatic rings. The molecule has 7 heteroatoms. The van der Waals surface area contributed by atoms with E-state index in [1.165, 1.54) is 26.2 Å². The molecule has 2 aliphatic carbocycles. The van der Waals surface area contributed by atoms with E-state index in [1.54, 1.807) is 0 Å². The largest absolute Gasteiger partial charge is 2.00 e. The fourth-order valence-electron chi connectivity index (χ4n) is 3.10. The molecule has 4 nitrogen and oxygen atoms in total. The normalized spacial score (nSPS) is 26.5. The van der Waals surface area contributed by atoms with E-state index in [4.69, 9.17) is 0 Å². The molecular weight excluding hydrogens is 359 g/mol. The molecular formula is C14H28O4P2Zn. The van der Waals surface area contributed by atoms with Crippen molar-refractivity contribution in [3.63, 3.8) is 0 Å². The molecule has 0 aromatic heterocycles. The second-order valence-electron chi connectivity index (χ2n) is 6.40. The Balaban J connectivity index is 0.000000364. The van der Waals surface area contributed by atoms with Crippen molar-refractivity contribution >= 4 is 14.7 Å². The maximum absolute atomic E-state index is 11.0. The van der Waals surface area contributed by atoms with Crippen LogP contribution in [0, 0.1) is 0 Å². The summed E-state index contributed by atoms with van der Waals surface area (Å²) in [7, 11) is -5.98. The maximum Gasteiger partial charge on any atom is 2.00 e. The summed E-state index contributed by atoms with van der Waals surface area (Å²) in [6, 6.07) is 0. The fraction of sp³-hybridized carbons (Fsp3) is 1.00. The van der Waals surface area contributed by atoms with Gasteiger partial charge in [-0.05, 0) is 50.3 Å². The number of rotatable bonds is 2. The molecule has 0 bridgehead atoms. The van der Waals surface area contributed by atoms with Gasteiger partial charge in [0, 0.05) is 14.7 Å². The van der Waals surface area contributed by atoms with Crippen molar-refractivity contribution in [1.82, 2.24) is 0 Å². The van der Waals surface area contributed by atoms with Gasteiger partial charge in [0.2, 0.25) is 0 Å². The standard InChI is InChI=1S/2C7H15O2P.Zn/c2*1-10(8,9)7-5-3-2-4-6-7;/h2*7H,2-6H2,1H3,(H,8,9);/q;;+2/p-2. The Morgan fingerprint density at radius 3 is 1.05 bits per heavy atom. The topological polar surface area (TPSA) is 80.3 Å². The monoisotopic (exact) mass is 386 g/mol. The number of hydrogen-bond donors (Lipinski definition) is 0. The zero-order chi connectivity index (χ0) is 15.2. The van der Waals surface area contributed by atoms with Crippen LogP contribution in [0.15, 0.2) is 0 Å². The zero-order valence-corrected chi connectivity index (χ0v) is 18.2. The molecule has 0 aromatic carbocycles. The predicted molar refractivity (Wildman–Crippen MR) is 80.8 cm³/mol. The molecule has 2 atom stereocenters. The van der Waals surface area contributed by atoms with E-state index in [1.807, 2.05) is 0 Å². The first-order valence-electron chi connectivity index (χ1n) is 7.77. The first kappa shape index (κ1) is 22.0. The van der Waals surface area contributed by atoms with Gasteiger partial charge in [0.1, 0.15) is 0 Å². The quantitative estimate of drug-likeness (QED) is 0.538. The average molecular weight is 388 g/mol. The SMILES string of the molecule is CP(=O)([O-])C1CCCCC1.CP(=O)([O-])C1CCCCC1.[Zn+2]. The van der Waals surface area contributed by atoms with Crippen LogP contribution < -0.4 is 9.79 Å². The first-order chi connectivity index (χ1) is 9.21. The van der Waals surface area contributed by atoms with Gasteiger partial charge in [-0.1, -0.05) is 38.5 Å². The van der Waals surface area contributed by atoms with Crippen molar-refractivity contribution in [2.75, 3.05) is 13.3 Å².